The molecule has 1 aliphatic rings. The molecule has 0 saturated carbocycles. The fraction of sp³-hybridized carbons (Fsp3) is 0.238. The van der Waals surface area contributed by atoms with Gasteiger partial charge in [-0.05, 0) is 17.7 Å². The predicted molar refractivity (Wildman–Crippen MR) is 107 cm³/mol. The van der Waals surface area contributed by atoms with E-state index in [9.17, 15) is 4.79 Å². The molecule has 0 saturated heterocycles. The second kappa shape index (κ2) is 7.56. The molecular formula is C21H20ClN3O3. The van der Waals surface area contributed by atoms with Gasteiger partial charge in [-0.1, -0.05) is 41.9 Å². The van der Waals surface area contributed by atoms with Gasteiger partial charge in [0, 0.05) is 28.5 Å². The number of carbonyl (C=O) groups is 1. The number of hydrogen-bond acceptors (Lipinski definition) is 4. The Bertz CT molecular complexity index is 1030. The standard InChI is InChI=1S/C21H20ClN3O3/c1-27-18-9-5-7-14(20(18)28-2)15-10-19(26)24-21-16(15)11-23-25(21)12-13-6-3-4-8-17(13)22/h3-9,11,15H,10,12H2,1-2H3,(H,24,26). The number of nitrogens with zero attached hydrogens (tertiary/aromatic N) is 2. The van der Waals surface area contributed by atoms with Gasteiger partial charge in [0.15, 0.2) is 11.5 Å². The van der Waals surface area contributed by atoms with Crippen LogP contribution in [0.15, 0.2) is 48.7 Å². The zero-order chi connectivity index (χ0) is 19.7. The summed E-state index contributed by atoms with van der Waals surface area (Å²) in [5, 5.41) is 8.14. The molecule has 1 amide bonds. The molecule has 2 heterocycles. The molecule has 0 spiro atoms. The maximum atomic E-state index is 12.5. The van der Waals surface area contributed by atoms with Gasteiger partial charge in [-0.25, -0.2) is 4.68 Å². The fourth-order valence-corrected chi connectivity index (χ4v) is 3.84. The van der Waals surface area contributed by atoms with E-state index in [1.165, 1.54) is 0 Å². The molecular weight excluding hydrogens is 378 g/mol. The molecule has 3 aromatic rings. The number of ether oxygens (including phenoxy) is 2. The van der Waals surface area contributed by atoms with Gasteiger partial charge in [0.25, 0.3) is 0 Å². The molecule has 0 bridgehead atoms. The molecule has 1 aromatic heterocycles. The summed E-state index contributed by atoms with van der Waals surface area (Å²) >= 11 is 6.29. The van der Waals surface area contributed by atoms with Crippen molar-refractivity contribution < 1.29 is 14.3 Å². The van der Waals surface area contributed by atoms with E-state index in [1.807, 2.05) is 42.5 Å². The Kier molecular flexibility index (Phi) is 4.96. The minimum Gasteiger partial charge on any atom is -0.493 e. The Morgan fingerprint density at radius 1 is 1.14 bits per heavy atom. The first-order valence-corrected chi connectivity index (χ1v) is 9.30. The van der Waals surface area contributed by atoms with Crippen molar-refractivity contribution in [2.45, 2.75) is 18.9 Å². The molecule has 6 nitrogen and oxygen atoms in total. The van der Waals surface area contributed by atoms with E-state index >= 15 is 0 Å². The van der Waals surface area contributed by atoms with Gasteiger partial charge in [-0.2, -0.15) is 5.10 Å². The molecule has 1 N–H and O–H groups in total. The predicted octanol–water partition coefficient (Wildman–Crippen LogP) is 4.08. The summed E-state index contributed by atoms with van der Waals surface area (Å²) in [5.74, 6) is 1.72. The third-order valence-corrected chi connectivity index (χ3v) is 5.35. The van der Waals surface area contributed by atoms with Gasteiger partial charge >= 0.3 is 0 Å². The number of carbonyl (C=O) groups excluding carboxylic acids is 1. The largest absolute Gasteiger partial charge is 0.493 e. The van der Waals surface area contributed by atoms with Crippen LogP contribution < -0.4 is 14.8 Å². The molecule has 0 aliphatic carbocycles. The number of hydrogen-bond donors (Lipinski definition) is 1. The van der Waals surface area contributed by atoms with E-state index in [0.29, 0.717) is 35.3 Å². The number of anilines is 1. The van der Waals surface area contributed by atoms with Crippen LogP contribution in [0.5, 0.6) is 11.5 Å². The van der Waals surface area contributed by atoms with Crippen LogP contribution in [0, 0.1) is 0 Å². The lowest BCUT2D eigenvalue weighted by atomic mass is 9.86. The average molecular weight is 398 g/mol. The maximum Gasteiger partial charge on any atom is 0.226 e. The van der Waals surface area contributed by atoms with Crippen molar-refractivity contribution in [3.63, 3.8) is 0 Å². The number of amides is 1. The summed E-state index contributed by atoms with van der Waals surface area (Å²) in [5.41, 5.74) is 2.78. The number of aromatic nitrogens is 2. The van der Waals surface area contributed by atoms with Crippen molar-refractivity contribution in [3.8, 4) is 11.5 Å². The highest BCUT2D eigenvalue weighted by Gasteiger charge is 2.32. The van der Waals surface area contributed by atoms with Crippen molar-refractivity contribution in [2.75, 3.05) is 19.5 Å². The van der Waals surface area contributed by atoms with Crippen molar-refractivity contribution in [3.05, 3.63) is 70.4 Å². The van der Waals surface area contributed by atoms with Gasteiger partial charge in [-0.3, -0.25) is 4.79 Å². The van der Waals surface area contributed by atoms with Crippen LogP contribution in [0.1, 0.15) is 29.0 Å². The van der Waals surface area contributed by atoms with Crippen molar-refractivity contribution >= 4 is 23.3 Å². The summed E-state index contributed by atoms with van der Waals surface area (Å²) in [7, 11) is 3.20. The lowest BCUT2D eigenvalue weighted by molar-refractivity contribution is -0.116. The van der Waals surface area contributed by atoms with Crippen LogP contribution in [-0.4, -0.2) is 29.9 Å². The zero-order valence-electron chi connectivity index (χ0n) is 15.6. The van der Waals surface area contributed by atoms with E-state index < -0.39 is 0 Å². The van der Waals surface area contributed by atoms with E-state index in [0.717, 1.165) is 16.7 Å². The third kappa shape index (κ3) is 3.20. The number of nitrogens with one attached hydrogen (secondary N) is 1. The maximum absolute atomic E-state index is 12.5. The van der Waals surface area contributed by atoms with Crippen LogP contribution >= 0.6 is 11.6 Å². The minimum absolute atomic E-state index is 0.0664. The first-order valence-electron chi connectivity index (χ1n) is 8.92. The van der Waals surface area contributed by atoms with Crippen LogP contribution in [0.3, 0.4) is 0 Å². The lowest BCUT2D eigenvalue weighted by Crippen LogP contribution is -2.25. The molecule has 7 heteroatoms. The van der Waals surface area contributed by atoms with Gasteiger partial charge in [-0.15, -0.1) is 0 Å². The minimum atomic E-state index is -0.172. The van der Waals surface area contributed by atoms with Crippen LogP contribution in [-0.2, 0) is 11.3 Å². The Morgan fingerprint density at radius 3 is 2.71 bits per heavy atom. The molecule has 4 rings (SSSR count). The smallest absolute Gasteiger partial charge is 0.226 e. The topological polar surface area (TPSA) is 65.4 Å². The third-order valence-electron chi connectivity index (χ3n) is 4.98. The average Bonchev–Trinajstić information content (AvgIpc) is 3.11. The molecule has 1 atom stereocenters. The number of methoxy groups -OCH3 is 2. The van der Waals surface area contributed by atoms with E-state index in [2.05, 4.69) is 10.4 Å². The monoisotopic (exact) mass is 397 g/mol. The second-order valence-electron chi connectivity index (χ2n) is 6.59. The van der Waals surface area contributed by atoms with E-state index in [1.54, 1.807) is 25.1 Å². The lowest BCUT2D eigenvalue weighted by Gasteiger charge is -2.25. The molecule has 2 aromatic carbocycles. The number of rotatable bonds is 5. The molecule has 28 heavy (non-hydrogen) atoms. The summed E-state index contributed by atoms with van der Waals surface area (Å²) in [6.45, 7) is 0.469. The van der Waals surface area contributed by atoms with Crippen molar-refractivity contribution in [1.29, 1.82) is 0 Å². The first-order chi connectivity index (χ1) is 13.6. The van der Waals surface area contributed by atoms with Crippen molar-refractivity contribution in [1.82, 2.24) is 9.78 Å². The molecule has 1 unspecified atom stereocenters. The number of halogens is 1. The SMILES string of the molecule is COc1cccc(C2CC(=O)Nc3c2cnn3Cc2ccccc2Cl)c1OC. The van der Waals surface area contributed by atoms with E-state index in [-0.39, 0.29) is 11.8 Å². The van der Waals surface area contributed by atoms with E-state index in [4.69, 9.17) is 21.1 Å². The summed E-state index contributed by atoms with van der Waals surface area (Å²) in [6.07, 6.45) is 2.11. The Morgan fingerprint density at radius 2 is 1.96 bits per heavy atom. The quantitative estimate of drug-likeness (QED) is 0.704. The van der Waals surface area contributed by atoms with Crippen LogP contribution in [0.25, 0.3) is 0 Å². The summed E-state index contributed by atoms with van der Waals surface area (Å²) < 4.78 is 12.8. The Hall–Kier alpha value is -2.99. The van der Waals surface area contributed by atoms with Gasteiger partial charge < -0.3 is 14.8 Å². The number of benzene rings is 2. The van der Waals surface area contributed by atoms with Gasteiger partial charge in [0.05, 0.1) is 27.0 Å². The summed E-state index contributed by atoms with van der Waals surface area (Å²) in [4.78, 5) is 12.5. The first kappa shape index (κ1) is 18.4. The van der Waals surface area contributed by atoms with Gasteiger partial charge in [0.1, 0.15) is 5.82 Å². The van der Waals surface area contributed by atoms with Gasteiger partial charge in [0.2, 0.25) is 5.91 Å². The Labute approximate surface area is 168 Å². The normalized spacial score (nSPS) is 15.7. The Balaban J connectivity index is 1.76. The summed E-state index contributed by atoms with van der Waals surface area (Å²) in [6, 6.07) is 13.3. The highest BCUT2D eigenvalue weighted by Crippen LogP contribution is 2.44. The molecule has 144 valence electrons. The molecule has 0 fully saturated rings. The second-order valence-corrected chi connectivity index (χ2v) is 6.99. The number of para-hydroxylation sites is 1. The highest BCUT2D eigenvalue weighted by molar-refractivity contribution is 6.31. The van der Waals surface area contributed by atoms with Crippen LogP contribution in [0.2, 0.25) is 5.02 Å². The molecule has 0 radical (unpaired) electrons. The highest BCUT2D eigenvalue weighted by atomic mass is 35.5. The zero-order valence-corrected chi connectivity index (χ0v) is 16.4. The van der Waals surface area contributed by atoms with Crippen LogP contribution in [0.4, 0.5) is 5.82 Å². The van der Waals surface area contributed by atoms with Crippen molar-refractivity contribution in [2.24, 2.45) is 0 Å². The fourth-order valence-electron chi connectivity index (χ4n) is 3.64. The number of fused-ring (bicyclic) bond motifs is 1. The molecule has 1 aliphatic heterocycles.